The largest absolute Gasteiger partial charge is 0.220 e. The van der Waals surface area contributed by atoms with Crippen molar-refractivity contribution in [2.45, 2.75) is 0 Å². The lowest BCUT2D eigenvalue weighted by molar-refractivity contribution is 0.609. The predicted octanol–water partition coefficient (Wildman–Crippen LogP) is 4.60. The average Bonchev–Trinajstić information content (AvgIpc) is 2.84. The Morgan fingerprint density at radius 3 is 1.65 bits per heavy atom. The van der Waals surface area contributed by atoms with Gasteiger partial charge < -0.3 is 0 Å². The maximum Gasteiger partial charge on any atom is 0.211 e. The molecule has 0 amide bonds. The second kappa shape index (κ2) is 11.0. The lowest BCUT2D eigenvalue weighted by Gasteiger charge is -2.22. The molecule has 0 saturated carbocycles. The SMILES string of the molecule is O=S1(=O)C=[P+](c2ccccc2)CCP(c2ccccc2)CCP(c2ccccc2)CC1. The van der Waals surface area contributed by atoms with Crippen LogP contribution in [0.3, 0.4) is 0 Å². The van der Waals surface area contributed by atoms with Crippen molar-refractivity contribution in [1.82, 2.24) is 0 Å². The first-order chi connectivity index (χ1) is 15.1. The van der Waals surface area contributed by atoms with E-state index in [1.807, 2.05) is 24.3 Å². The van der Waals surface area contributed by atoms with E-state index in [-0.39, 0.29) is 13.7 Å². The van der Waals surface area contributed by atoms with Gasteiger partial charge in [0.15, 0.2) is 0 Å². The minimum atomic E-state index is -3.19. The van der Waals surface area contributed by atoms with Gasteiger partial charge in [-0.15, -0.1) is 0 Å². The van der Waals surface area contributed by atoms with Crippen LogP contribution in [0.2, 0.25) is 0 Å². The van der Waals surface area contributed by atoms with Gasteiger partial charge in [-0.05, 0) is 41.2 Å². The van der Waals surface area contributed by atoms with Crippen molar-refractivity contribution < 1.29 is 8.42 Å². The Morgan fingerprint density at radius 2 is 1.10 bits per heavy atom. The van der Waals surface area contributed by atoms with Gasteiger partial charge in [-0.2, -0.15) is 0 Å². The molecule has 0 fully saturated rings. The zero-order chi connectivity index (χ0) is 21.5. The van der Waals surface area contributed by atoms with Crippen LogP contribution < -0.4 is 15.9 Å². The van der Waals surface area contributed by atoms with E-state index >= 15 is 0 Å². The molecule has 2 nitrogen and oxygen atoms in total. The Labute approximate surface area is 189 Å². The molecule has 1 heterocycles. The summed E-state index contributed by atoms with van der Waals surface area (Å²) in [7, 11) is -4.78. The number of rotatable bonds is 3. The van der Waals surface area contributed by atoms with E-state index in [1.165, 1.54) is 22.1 Å². The molecule has 0 aromatic heterocycles. The Balaban J connectivity index is 1.69. The summed E-state index contributed by atoms with van der Waals surface area (Å²) in [5.74, 6) is 0.266. The fourth-order valence-electron chi connectivity index (χ4n) is 3.83. The fourth-order valence-corrected chi connectivity index (χ4v) is 15.9. The normalized spacial score (nSPS) is 23.3. The quantitative estimate of drug-likeness (QED) is 0.509. The zero-order valence-corrected chi connectivity index (χ0v) is 21.0. The second-order valence-electron chi connectivity index (χ2n) is 7.65. The first-order valence-electron chi connectivity index (χ1n) is 10.6. The maximum absolute atomic E-state index is 13.1. The number of benzene rings is 3. The molecule has 3 atom stereocenters. The summed E-state index contributed by atoms with van der Waals surface area (Å²) < 4.78 is 26.2. The molecule has 0 radical (unpaired) electrons. The lowest BCUT2D eigenvalue weighted by Crippen LogP contribution is -2.16. The van der Waals surface area contributed by atoms with Crippen LogP contribution in [0.25, 0.3) is 0 Å². The molecule has 31 heavy (non-hydrogen) atoms. The van der Waals surface area contributed by atoms with E-state index in [2.05, 4.69) is 66.7 Å². The molecule has 6 heteroatoms. The van der Waals surface area contributed by atoms with Gasteiger partial charge in [0.2, 0.25) is 15.0 Å². The summed E-state index contributed by atoms with van der Waals surface area (Å²) in [6.45, 7) is 0. The molecule has 3 aromatic rings. The standard InChI is InChI=1S/C25H28O2P3S/c26-31(27)21-20-29(24-12-6-2-7-13-24)17-16-28(23-10-4-1-5-11-23)18-19-30(22-31)25-14-8-3-9-15-25/h1-15,22H,16-21H2/q+1. The monoisotopic (exact) mass is 485 g/mol. The third-order valence-corrected chi connectivity index (χ3v) is 16.4. The van der Waals surface area contributed by atoms with Gasteiger partial charge in [0.1, 0.15) is 19.0 Å². The molecule has 1 aliphatic rings. The van der Waals surface area contributed by atoms with Crippen LogP contribution in [-0.4, -0.2) is 50.1 Å². The predicted molar refractivity (Wildman–Crippen MR) is 143 cm³/mol. The average molecular weight is 485 g/mol. The molecule has 0 spiro atoms. The summed E-state index contributed by atoms with van der Waals surface area (Å²) in [5, 5.41) is 5.68. The van der Waals surface area contributed by atoms with E-state index in [0.717, 1.165) is 24.6 Å². The van der Waals surface area contributed by atoms with Crippen molar-refractivity contribution in [3.05, 3.63) is 91.0 Å². The van der Waals surface area contributed by atoms with E-state index in [4.69, 9.17) is 0 Å². The van der Waals surface area contributed by atoms with Gasteiger partial charge in [-0.25, -0.2) is 8.42 Å². The molecule has 0 aliphatic carbocycles. The summed E-state index contributed by atoms with van der Waals surface area (Å²) >= 11 is 0. The van der Waals surface area contributed by atoms with Crippen molar-refractivity contribution >= 4 is 54.3 Å². The third-order valence-electron chi connectivity index (χ3n) is 5.51. The van der Waals surface area contributed by atoms with Crippen molar-refractivity contribution in [1.29, 1.82) is 0 Å². The summed E-state index contributed by atoms with van der Waals surface area (Å²) in [5.41, 5.74) is 0. The van der Waals surface area contributed by atoms with Crippen LogP contribution in [-0.2, 0) is 9.84 Å². The molecule has 3 unspecified atom stereocenters. The first-order valence-corrected chi connectivity index (χ1v) is 17.3. The van der Waals surface area contributed by atoms with Crippen molar-refractivity contribution in [2.24, 2.45) is 0 Å². The maximum atomic E-state index is 13.1. The Kier molecular flexibility index (Phi) is 8.08. The van der Waals surface area contributed by atoms with Crippen molar-refractivity contribution in [3.63, 3.8) is 0 Å². The van der Waals surface area contributed by atoms with Gasteiger partial charge in [-0.3, -0.25) is 0 Å². The highest BCUT2D eigenvalue weighted by atomic mass is 32.2. The van der Waals surface area contributed by atoms with Gasteiger partial charge in [-0.1, -0.05) is 94.7 Å². The van der Waals surface area contributed by atoms with Crippen LogP contribution in [0, 0.1) is 0 Å². The minimum absolute atomic E-state index is 0.266. The minimum Gasteiger partial charge on any atom is -0.220 e. The Morgan fingerprint density at radius 1 is 0.613 bits per heavy atom. The highest BCUT2D eigenvalue weighted by Crippen LogP contribution is 2.44. The molecule has 160 valence electrons. The van der Waals surface area contributed by atoms with Gasteiger partial charge >= 0.3 is 0 Å². The molecular formula is C25H28O2P3S+. The van der Waals surface area contributed by atoms with Crippen LogP contribution in [0.15, 0.2) is 91.0 Å². The van der Waals surface area contributed by atoms with Crippen LogP contribution in [0.4, 0.5) is 0 Å². The molecule has 0 N–H and O–H groups in total. The highest BCUT2D eigenvalue weighted by Gasteiger charge is 2.26. The Bertz CT molecular complexity index is 1100. The molecule has 0 bridgehead atoms. The summed E-state index contributed by atoms with van der Waals surface area (Å²) in [4.78, 5) is 0. The lowest BCUT2D eigenvalue weighted by atomic mass is 10.4. The van der Waals surface area contributed by atoms with E-state index < -0.39 is 25.3 Å². The first kappa shape index (κ1) is 22.8. The number of hydrogen-bond acceptors (Lipinski definition) is 2. The van der Waals surface area contributed by atoms with Crippen LogP contribution in [0.1, 0.15) is 0 Å². The van der Waals surface area contributed by atoms with Gasteiger partial charge in [0, 0.05) is 6.16 Å². The molecular weight excluding hydrogens is 457 g/mol. The topological polar surface area (TPSA) is 34.1 Å². The molecule has 4 rings (SSSR count). The number of sulfone groups is 1. The summed E-state index contributed by atoms with van der Waals surface area (Å²) in [6, 6.07) is 31.7. The summed E-state index contributed by atoms with van der Waals surface area (Å²) in [6.07, 6.45) is 5.08. The van der Waals surface area contributed by atoms with Crippen LogP contribution >= 0.6 is 23.4 Å². The third kappa shape index (κ3) is 6.57. The van der Waals surface area contributed by atoms with E-state index in [1.54, 1.807) is 5.13 Å². The number of hydrogen-bond donors (Lipinski definition) is 0. The van der Waals surface area contributed by atoms with Gasteiger partial charge in [0.25, 0.3) is 0 Å². The zero-order valence-electron chi connectivity index (χ0n) is 17.5. The van der Waals surface area contributed by atoms with Gasteiger partial charge in [0.05, 0.1) is 5.75 Å². The van der Waals surface area contributed by atoms with Crippen LogP contribution in [0.5, 0.6) is 0 Å². The highest BCUT2D eigenvalue weighted by molar-refractivity contribution is 8.11. The fraction of sp³-hybridized carbons (Fsp3) is 0.240. The van der Waals surface area contributed by atoms with E-state index in [9.17, 15) is 8.42 Å². The Hall–Kier alpha value is -1.36. The molecule has 0 saturated heterocycles. The molecule has 1 aliphatic heterocycles. The second-order valence-corrected chi connectivity index (χ2v) is 17.1. The van der Waals surface area contributed by atoms with Crippen molar-refractivity contribution in [3.8, 4) is 0 Å². The van der Waals surface area contributed by atoms with Crippen molar-refractivity contribution in [2.75, 3.05) is 36.6 Å². The van der Waals surface area contributed by atoms with E-state index in [0.29, 0.717) is 0 Å². The smallest absolute Gasteiger partial charge is 0.211 e. The molecule has 3 aromatic carbocycles.